The second-order valence-corrected chi connectivity index (χ2v) is 4.76. The summed E-state index contributed by atoms with van der Waals surface area (Å²) in [7, 11) is 0. The van der Waals surface area contributed by atoms with E-state index in [1.54, 1.807) is 0 Å². The van der Waals surface area contributed by atoms with Crippen molar-refractivity contribution in [2.45, 2.75) is 56.7 Å². The molecule has 0 amide bonds. The van der Waals surface area contributed by atoms with Crippen molar-refractivity contribution in [3.8, 4) is 0 Å². The van der Waals surface area contributed by atoms with E-state index in [0.717, 1.165) is 0 Å². The third-order valence-corrected chi connectivity index (χ3v) is 2.89. The molecule has 0 aliphatic carbocycles. The summed E-state index contributed by atoms with van der Waals surface area (Å²) in [5, 5.41) is 45.5. The summed E-state index contributed by atoms with van der Waals surface area (Å²) in [6, 6.07) is 0. The van der Waals surface area contributed by atoms with Crippen LogP contribution in [0.25, 0.3) is 0 Å². The molecule has 0 aromatic heterocycles. The Morgan fingerprint density at radius 2 is 1.42 bits per heavy atom. The van der Waals surface area contributed by atoms with Gasteiger partial charge in [0.1, 0.15) is 0 Å². The van der Waals surface area contributed by atoms with E-state index in [0.29, 0.717) is 0 Å². The fourth-order valence-electron chi connectivity index (χ4n) is 1.97. The van der Waals surface area contributed by atoms with Gasteiger partial charge in [0.15, 0.2) is 0 Å². The largest absolute Gasteiger partial charge is 0.481 e. The number of carboxylic acid groups (broad SMARTS) is 2. The lowest BCUT2D eigenvalue weighted by molar-refractivity contribution is -0.138. The summed E-state index contributed by atoms with van der Waals surface area (Å²) in [6.07, 6.45) is -0.630. The van der Waals surface area contributed by atoms with Crippen molar-refractivity contribution in [1.29, 1.82) is 0 Å². The van der Waals surface area contributed by atoms with Gasteiger partial charge in [-0.3, -0.25) is 9.59 Å². The maximum Gasteiger partial charge on any atom is 0.303 e. The molecule has 112 valence electrons. The fraction of sp³-hybridized carbons (Fsp3) is 0.833. The summed E-state index contributed by atoms with van der Waals surface area (Å²) in [4.78, 5) is 20.8. The zero-order valence-corrected chi connectivity index (χ0v) is 10.8. The van der Waals surface area contributed by atoms with Gasteiger partial charge >= 0.3 is 11.9 Å². The number of carbonyl (C=O) groups is 2. The van der Waals surface area contributed by atoms with E-state index in [-0.39, 0.29) is 44.9 Å². The summed E-state index contributed by atoms with van der Waals surface area (Å²) in [6.45, 7) is -0.500. The van der Waals surface area contributed by atoms with Gasteiger partial charge in [-0.25, -0.2) is 0 Å². The zero-order chi connectivity index (χ0) is 14.9. The highest BCUT2D eigenvalue weighted by molar-refractivity contribution is 5.66. The van der Waals surface area contributed by atoms with Gasteiger partial charge < -0.3 is 25.5 Å². The smallest absolute Gasteiger partial charge is 0.303 e. The predicted molar refractivity (Wildman–Crippen MR) is 65.6 cm³/mol. The van der Waals surface area contributed by atoms with Crippen molar-refractivity contribution < 1.29 is 35.1 Å². The van der Waals surface area contributed by atoms with Crippen LogP contribution in [0.3, 0.4) is 0 Å². The Morgan fingerprint density at radius 3 is 1.74 bits per heavy atom. The van der Waals surface area contributed by atoms with Crippen molar-refractivity contribution in [3.63, 3.8) is 0 Å². The SMILES string of the molecule is O=C(O)CCCC(O)(CCCC(=O)O)C[C@H](O)CO. The predicted octanol–water partition coefficient (Wildman–Crippen LogP) is -0.0294. The van der Waals surface area contributed by atoms with E-state index < -0.39 is 30.3 Å². The lowest BCUT2D eigenvalue weighted by atomic mass is 9.85. The zero-order valence-electron chi connectivity index (χ0n) is 10.8. The van der Waals surface area contributed by atoms with Gasteiger partial charge in [-0.2, -0.15) is 0 Å². The molecule has 0 heterocycles. The molecule has 0 unspecified atom stereocenters. The molecule has 0 aliphatic rings. The summed E-state index contributed by atoms with van der Waals surface area (Å²) >= 11 is 0. The molecular weight excluding hydrogens is 256 g/mol. The fourth-order valence-corrected chi connectivity index (χ4v) is 1.97. The maximum atomic E-state index is 10.4. The molecule has 0 aliphatic heterocycles. The van der Waals surface area contributed by atoms with Crippen LogP contribution in [0.4, 0.5) is 0 Å². The Morgan fingerprint density at radius 1 is 1.00 bits per heavy atom. The van der Waals surface area contributed by atoms with Crippen LogP contribution in [0.1, 0.15) is 44.9 Å². The lowest BCUT2D eigenvalue weighted by Crippen LogP contribution is -2.35. The molecule has 0 rings (SSSR count). The van der Waals surface area contributed by atoms with Crippen molar-refractivity contribution in [3.05, 3.63) is 0 Å². The highest BCUT2D eigenvalue weighted by Gasteiger charge is 2.29. The van der Waals surface area contributed by atoms with E-state index >= 15 is 0 Å². The molecule has 1 atom stereocenters. The van der Waals surface area contributed by atoms with Crippen LogP contribution in [0.2, 0.25) is 0 Å². The molecule has 0 radical (unpaired) electrons. The summed E-state index contributed by atoms with van der Waals surface area (Å²) < 4.78 is 0. The van der Waals surface area contributed by atoms with Crippen LogP contribution in [-0.2, 0) is 9.59 Å². The van der Waals surface area contributed by atoms with E-state index in [9.17, 15) is 19.8 Å². The number of hydrogen-bond donors (Lipinski definition) is 5. The van der Waals surface area contributed by atoms with Gasteiger partial charge in [-0.1, -0.05) is 0 Å². The molecule has 7 heteroatoms. The first-order chi connectivity index (χ1) is 8.79. The van der Waals surface area contributed by atoms with E-state index in [1.807, 2.05) is 0 Å². The van der Waals surface area contributed by atoms with Crippen LogP contribution in [-0.4, -0.2) is 55.8 Å². The molecule has 0 aromatic carbocycles. The highest BCUT2D eigenvalue weighted by Crippen LogP contribution is 2.26. The minimum Gasteiger partial charge on any atom is -0.481 e. The van der Waals surface area contributed by atoms with Crippen molar-refractivity contribution in [2.24, 2.45) is 0 Å². The van der Waals surface area contributed by atoms with Gasteiger partial charge in [0.25, 0.3) is 0 Å². The average Bonchev–Trinajstić information content (AvgIpc) is 2.27. The number of aliphatic hydroxyl groups is 3. The molecule has 0 saturated heterocycles. The van der Waals surface area contributed by atoms with E-state index in [2.05, 4.69) is 0 Å². The number of aliphatic carboxylic acids is 2. The molecule has 19 heavy (non-hydrogen) atoms. The van der Waals surface area contributed by atoms with Crippen LogP contribution < -0.4 is 0 Å². The molecule has 0 aromatic rings. The minimum absolute atomic E-state index is 0.0945. The molecule has 0 fully saturated rings. The van der Waals surface area contributed by atoms with Gasteiger partial charge in [-0.05, 0) is 25.7 Å². The van der Waals surface area contributed by atoms with Crippen LogP contribution in [0.5, 0.6) is 0 Å². The highest BCUT2D eigenvalue weighted by atomic mass is 16.4. The van der Waals surface area contributed by atoms with E-state index in [4.69, 9.17) is 15.3 Å². The number of aliphatic hydroxyl groups excluding tert-OH is 2. The number of hydrogen-bond acceptors (Lipinski definition) is 5. The van der Waals surface area contributed by atoms with Crippen LogP contribution >= 0.6 is 0 Å². The summed E-state index contributed by atoms with van der Waals surface area (Å²) in [5.74, 6) is -1.95. The van der Waals surface area contributed by atoms with Crippen molar-refractivity contribution in [1.82, 2.24) is 0 Å². The quantitative estimate of drug-likeness (QED) is 0.358. The molecule has 0 bridgehead atoms. The second-order valence-electron chi connectivity index (χ2n) is 4.76. The second kappa shape index (κ2) is 8.84. The Bertz CT molecular complexity index is 270. The molecule has 0 spiro atoms. The number of rotatable bonds is 11. The van der Waals surface area contributed by atoms with Crippen molar-refractivity contribution >= 4 is 11.9 Å². The average molecular weight is 278 g/mol. The monoisotopic (exact) mass is 278 g/mol. The molecular formula is C12H22O7. The topological polar surface area (TPSA) is 135 Å². The minimum atomic E-state index is -1.34. The first-order valence-corrected chi connectivity index (χ1v) is 6.24. The molecule has 5 N–H and O–H groups in total. The third kappa shape index (κ3) is 9.40. The summed E-state index contributed by atoms with van der Waals surface area (Å²) in [5.41, 5.74) is -1.34. The van der Waals surface area contributed by atoms with Gasteiger partial charge in [0, 0.05) is 19.3 Å². The maximum absolute atomic E-state index is 10.4. The van der Waals surface area contributed by atoms with Gasteiger partial charge in [0.05, 0.1) is 18.3 Å². The van der Waals surface area contributed by atoms with Crippen LogP contribution in [0.15, 0.2) is 0 Å². The molecule has 7 nitrogen and oxygen atoms in total. The standard InChI is InChI=1S/C12H22O7/c13-8-9(14)7-12(19,5-1-3-10(15)16)6-2-4-11(17)18/h9,13-14,19H,1-8H2,(H,15,16)(H,17,18)/t9-/m0/s1. The van der Waals surface area contributed by atoms with Gasteiger partial charge in [-0.15, -0.1) is 0 Å². The Kier molecular flexibility index (Phi) is 8.29. The normalized spacial score (nSPS) is 13.2. The molecule has 0 saturated carbocycles. The van der Waals surface area contributed by atoms with Gasteiger partial charge in [0.2, 0.25) is 0 Å². The van der Waals surface area contributed by atoms with Crippen molar-refractivity contribution in [2.75, 3.05) is 6.61 Å². The Labute approximate surface area is 111 Å². The first kappa shape index (κ1) is 17.8. The Balaban J connectivity index is 4.34. The first-order valence-electron chi connectivity index (χ1n) is 6.24. The van der Waals surface area contributed by atoms with Crippen LogP contribution in [0, 0.1) is 0 Å². The Hall–Kier alpha value is -1.18. The third-order valence-electron chi connectivity index (χ3n) is 2.89. The lowest BCUT2D eigenvalue weighted by Gasteiger charge is -2.29. The van der Waals surface area contributed by atoms with E-state index in [1.165, 1.54) is 0 Å². The number of carboxylic acids is 2.